The summed E-state index contributed by atoms with van der Waals surface area (Å²) in [6, 6.07) is 4.79. The Morgan fingerprint density at radius 2 is 2.13 bits per heavy atom. The summed E-state index contributed by atoms with van der Waals surface area (Å²) in [5.74, 6) is 0.973. The van der Waals surface area contributed by atoms with Crippen molar-refractivity contribution in [2.75, 3.05) is 18.4 Å². The normalized spacial score (nSPS) is 15.3. The number of anilines is 1. The maximum Gasteiger partial charge on any atom is 0.227 e. The van der Waals surface area contributed by atoms with Crippen molar-refractivity contribution in [1.29, 1.82) is 0 Å². The predicted molar refractivity (Wildman–Crippen MR) is 117 cm³/mol. The first-order chi connectivity index (χ1) is 15.0. The number of halogens is 1. The van der Waals surface area contributed by atoms with Gasteiger partial charge in [0, 0.05) is 30.3 Å². The summed E-state index contributed by atoms with van der Waals surface area (Å²) in [6.45, 7) is 7.01. The van der Waals surface area contributed by atoms with Crippen molar-refractivity contribution in [3.05, 3.63) is 46.5 Å². The zero-order valence-electron chi connectivity index (χ0n) is 17.7. The van der Waals surface area contributed by atoms with E-state index in [2.05, 4.69) is 32.3 Å². The third kappa shape index (κ3) is 5.74. The van der Waals surface area contributed by atoms with Crippen molar-refractivity contribution < 1.29 is 13.7 Å². The van der Waals surface area contributed by atoms with E-state index in [1.165, 1.54) is 30.2 Å². The highest BCUT2D eigenvalue weighted by Crippen LogP contribution is 2.22. The number of hydrogen-bond acceptors (Lipinski definition) is 7. The van der Waals surface area contributed by atoms with Gasteiger partial charge in [0.05, 0.1) is 5.69 Å². The standard InChI is InChI=1S/C22H26FN5O2S/c1-14-7-9-28(10-8-14)12-17-13-31-22(24-17)25-19(29)5-6-20-26-21(27-30-20)16-4-3-15(2)18(23)11-16/h3-4,11,13-14H,5-10,12H2,1-2H3,(H,24,25,29). The SMILES string of the molecule is Cc1ccc(-c2noc(CCC(=O)Nc3nc(CN4CCC(C)CC4)cs3)n2)cc1F. The van der Waals surface area contributed by atoms with Crippen molar-refractivity contribution in [3.63, 3.8) is 0 Å². The lowest BCUT2D eigenvalue weighted by atomic mass is 9.99. The topological polar surface area (TPSA) is 84.2 Å². The Morgan fingerprint density at radius 1 is 1.32 bits per heavy atom. The number of benzene rings is 1. The van der Waals surface area contributed by atoms with Crippen LogP contribution in [0.15, 0.2) is 28.1 Å². The Morgan fingerprint density at radius 3 is 2.90 bits per heavy atom. The lowest BCUT2D eigenvalue weighted by Crippen LogP contribution is -2.32. The molecule has 164 valence electrons. The number of hydrogen-bond donors (Lipinski definition) is 1. The van der Waals surface area contributed by atoms with E-state index in [-0.39, 0.29) is 18.1 Å². The van der Waals surface area contributed by atoms with Crippen molar-refractivity contribution in [3.8, 4) is 11.4 Å². The minimum absolute atomic E-state index is 0.158. The Labute approximate surface area is 184 Å². The van der Waals surface area contributed by atoms with Crippen molar-refractivity contribution in [1.82, 2.24) is 20.0 Å². The monoisotopic (exact) mass is 443 g/mol. The minimum Gasteiger partial charge on any atom is -0.339 e. The molecule has 0 bridgehead atoms. The molecule has 9 heteroatoms. The van der Waals surface area contributed by atoms with Gasteiger partial charge >= 0.3 is 0 Å². The molecule has 2 aromatic heterocycles. The number of amides is 1. The average Bonchev–Trinajstić information content (AvgIpc) is 3.40. The maximum absolute atomic E-state index is 13.7. The number of thiazole rings is 1. The lowest BCUT2D eigenvalue weighted by molar-refractivity contribution is -0.116. The smallest absolute Gasteiger partial charge is 0.227 e. The van der Waals surface area contributed by atoms with E-state index in [9.17, 15) is 9.18 Å². The fourth-order valence-corrected chi connectivity index (χ4v) is 4.21. The van der Waals surface area contributed by atoms with E-state index in [1.807, 2.05) is 5.38 Å². The van der Waals surface area contributed by atoms with E-state index in [0.717, 1.165) is 31.2 Å². The van der Waals surface area contributed by atoms with Crippen molar-refractivity contribution in [2.24, 2.45) is 5.92 Å². The second kappa shape index (κ2) is 9.65. The fraction of sp³-hybridized carbons (Fsp3) is 0.455. The Kier molecular flexibility index (Phi) is 6.72. The Hall–Kier alpha value is -2.65. The molecule has 4 rings (SSSR count). The number of aryl methyl sites for hydroxylation is 2. The molecule has 1 aliphatic heterocycles. The van der Waals surface area contributed by atoms with Crippen LogP contribution in [0.25, 0.3) is 11.4 Å². The third-order valence-corrected chi connectivity index (χ3v) is 6.33. The third-order valence-electron chi connectivity index (χ3n) is 5.52. The van der Waals surface area contributed by atoms with Crippen LogP contribution in [-0.4, -0.2) is 39.0 Å². The van der Waals surface area contributed by atoms with Gasteiger partial charge in [-0.2, -0.15) is 4.98 Å². The van der Waals surface area contributed by atoms with Crippen LogP contribution in [0.1, 0.15) is 43.3 Å². The summed E-state index contributed by atoms with van der Waals surface area (Å²) < 4.78 is 18.9. The number of carbonyl (C=O) groups excluding carboxylic acids is 1. The summed E-state index contributed by atoms with van der Waals surface area (Å²) in [5, 5.41) is 9.32. The number of nitrogens with one attached hydrogen (secondary N) is 1. The second-order valence-corrected chi connectivity index (χ2v) is 8.98. The van der Waals surface area contributed by atoms with Gasteiger partial charge in [0.15, 0.2) is 5.13 Å². The molecule has 0 aliphatic carbocycles. The predicted octanol–water partition coefficient (Wildman–Crippen LogP) is 4.44. The quantitative estimate of drug-likeness (QED) is 0.581. The van der Waals surface area contributed by atoms with Gasteiger partial charge in [0.1, 0.15) is 5.82 Å². The number of likely N-dealkylation sites (tertiary alicyclic amines) is 1. The van der Waals surface area contributed by atoms with Gasteiger partial charge in [-0.25, -0.2) is 9.37 Å². The van der Waals surface area contributed by atoms with Crippen LogP contribution in [0, 0.1) is 18.7 Å². The summed E-state index contributed by atoms with van der Waals surface area (Å²) >= 11 is 1.44. The molecule has 0 atom stereocenters. The molecule has 0 unspecified atom stereocenters. The van der Waals surface area contributed by atoms with Crippen LogP contribution >= 0.6 is 11.3 Å². The van der Waals surface area contributed by atoms with E-state index in [1.54, 1.807) is 19.1 Å². The molecule has 3 heterocycles. The van der Waals surface area contributed by atoms with Crippen LogP contribution in [0.2, 0.25) is 0 Å². The number of rotatable bonds is 7. The second-order valence-electron chi connectivity index (χ2n) is 8.13. The van der Waals surface area contributed by atoms with Gasteiger partial charge in [0.25, 0.3) is 0 Å². The first-order valence-electron chi connectivity index (χ1n) is 10.5. The van der Waals surface area contributed by atoms with Crippen molar-refractivity contribution in [2.45, 2.75) is 46.1 Å². The summed E-state index contributed by atoms with van der Waals surface area (Å²) in [6.07, 6.45) is 2.95. The molecule has 7 nitrogen and oxygen atoms in total. The molecular weight excluding hydrogens is 417 g/mol. The first kappa shape index (κ1) is 21.6. The Balaban J connectivity index is 1.26. The van der Waals surface area contributed by atoms with Crippen LogP contribution < -0.4 is 5.32 Å². The molecule has 1 fully saturated rings. The highest BCUT2D eigenvalue weighted by atomic mass is 32.1. The maximum atomic E-state index is 13.7. The summed E-state index contributed by atoms with van der Waals surface area (Å²) in [7, 11) is 0. The van der Waals surface area contributed by atoms with Gasteiger partial charge in [-0.15, -0.1) is 11.3 Å². The van der Waals surface area contributed by atoms with Gasteiger partial charge in [0.2, 0.25) is 17.6 Å². The molecule has 31 heavy (non-hydrogen) atoms. The molecular formula is C22H26FN5O2S. The summed E-state index contributed by atoms with van der Waals surface area (Å²) in [5.41, 5.74) is 2.09. The molecule has 0 radical (unpaired) electrons. The zero-order valence-corrected chi connectivity index (χ0v) is 18.5. The lowest BCUT2D eigenvalue weighted by Gasteiger charge is -2.29. The average molecular weight is 444 g/mol. The fourth-order valence-electron chi connectivity index (χ4n) is 3.49. The molecule has 0 spiro atoms. The number of piperidine rings is 1. The highest BCUT2D eigenvalue weighted by molar-refractivity contribution is 7.13. The van der Waals surface area contributed by atoms with Crippen LogP contribution in [0.3, 0.4) is 0 Å². The first-order valence-corrected chi connectivity index (χ1v) is 11.4. The van der Waals surface area contributed by atoms with Gasteiger partial charge in [-0.05, 0) is 50.4 Å². The van der Waals surface area contributed by atoms with Gasteiger partial charge in [-0.1, -0.05) is 24.2 Å². The van der Waals surface area contributed by atoms with Crippen LogP contribution in [0.4, 0.5) is 9.52 Å². The summed E-state index contributed by atoms with van der Waals surface area (Å²) in [4.78, 5) is 23.5. The number of nitrogens with zero attached hydrogens (tertiary/aromatic N) is 4. The molecule has 1 N–H and O–H groups in total. The van der Waals surface area contributed by atoms with E-state index >= 15 is 0 Å². The van der Waals surface area contributed by atoms with Crippen molar-refractivity contribution >= 4 is 22.4 Å². The molecule has 3 aromatic rings. The van der Waals surface area contributed by atoms with Crippen LogP contribution in [-0.2, 0) is 17.8 Å². The molecule has 1 amide bonds. The van der Waals surface area contributed by atoms with E-state index in [0.29, 0.717) is 34.4 Å². The number of aromatic nitrogens is 3. The largest absolute Gasteiger partial charge is 0.339 e. The minimum atomic E-state index is -0.319. The van der Waals surface area contributed by atoms with Crippen LogP contribution in [0.5, 0.6) is 0 Å². The van der Waals surface area contributed by atoms with E-state index in [4.69, 9.17) is 4.52 Å². The van der Waals surface area contributed by atoms with Gasteiger partial charge in [-0.3, -0.25) is 9.69 Å². The molecule has 0 saturated carbocycles. The zero-order chi connectivity index (χ0) is 21.8. The molecule has 1 aromatic carbocycles. The van der Waals surface area contributed by atoms with Gasteiger partial charge < -0.3 is 9.84 Å². The molecule has 1 aliphatic rings. The highest BCUT2D eigenvalue weighted by Gasteiger charge is 2.17. The number of carbonyl (C=O) groups is 1. The Bertz CT molecular complexity index is 1040. The molecule has 1 saturated heterocycles. The van der Waals surface area contributed by atoms with E-state index < -0.39 is 0 Å².